The molecule has 0 atom stereocenters. The monoisotopic (exact) mass is 541 g/mol. The van der Waals surface area contributed by atoms with Crippen LogP contribution in [0.25, 0.3) is 44.6 Å². The first kappa shape index (κ1) is 28.0. The van der Waals surface area contributed by atoms with Gasteiger partial charge in [0.05, 0.1) is 10.8 Å². The van der Waals surface area contributed by atoms with E-state index in [0.717, 1.165) is 0 Å². The van der Waals surface area contributed by atoms with Gasteiger partial charge in [-0.1, -0.05) is 84.9 Å². The van der Waals surface area contributed by atoms with E-state index in [2.05, 4.69) is 0 Å². The van der Waals surface area contributed by atoms with Gasteiger partial charge in [-0.3, -0.25) is 9.59 Å². The number of hydrogen-bond acceptors (Lipinski definition) is 6. The molecule has 0 spiro atoms. The van der Waals surface area contributed by atoms with Crippen LogP contribution < -0.4 is 21.1 Å². The predicted molar refractivity (Wildman–Crippen MR) is 135 cm³/mol. The third-order valence-electron chi connectivity index (χ3n) is 5.58. The second-order valence-electron chi connectivity index (χ2n) is 7.90. The van der Waals surface area contributed by atoms with E-state index in [1.54, 1.807) is 97.1 Å². The van der Waals surface area contributed by atoms with Crippen molar-refractivity contribution in [2.24, 2.45) is 0 Å². The summed E-state index contributed by atoms with van der Waals surface area (Å²) in [7, 11) is 0. The summed E-state index contributed by atoms with van der Waals surface area (Å²) in [5, 5.41) is 24.6. The Morgan fingerprint density at radius 3 is 1.16 bits per heavy atom. The molecule has 0 aliphatic carbocycles. The summed E-state index contributed by atoms with van der Waals surface area (Å²) in [6, 6.07) is 31.4. The molecule has 7 nitrogen and oxygen atoms in total. The molecule has 6 aromatic rings. The molecule has 8 heteroatoms. The van der Waals surface area contributed by atoms with Gasteiger partial charge in [-0.15, -0.1) is 0 Å². The SMILES string of the molecule is O=c1c([O-])c(-c2ccccc2)oc2ccccc12.O=c1c([O-])c(-c2ccccc2)oc2ccccc12.[O-2].[V+4]. The average Bonchev–Trinajstić information content (AvgIpc) is 2.94. The van der Waals surface area contributed by atoms with Crippen molar-refractivity contribution in [2.45, 2.75) is 0 Å². The number of para-hydroxylation sites is 2. The van der Waals surface area contributed by atoms with Crippen molar-refractivity contribution in [3.63, 3.8) is 0 Å². The molecule has 0 saturated heterocycles. The van der Waals surface area contributed by atoms with Crippen molar-refractivity contribution in [1.29, 1.82) is 0 Å². The smallest absolute Gasteiger partial charge is 2.00 e. The first-order valence-electron chi connectivity index (χ1n) is 11.1. The molecule has 0 amide bonds. The minimum atomic E-state index is -0.597. The Kier molecular flexibility index (Phi) is 8.94. The van der Waals surface area contributed by atoms with Crippen molar-refractivity contribution in [3.8, 4) is 34.1 Å². The number of benzene rings is 4. The Balaban J connectivity index is 0.000000200. The van der Waals surface area contributed by atoms with Gasteiger partial charge in [0, 0.05) is 11.1 Å². The molecule has 38 heavy (non-hydrogen) atoms. The van der Waals surface area contributed by atoms with Crippen molar-refractivity contribution < 1.29 is 43.1 Å². The Hall–Kier alpha value is -4.56. The van der Waals surface area contributed by atoms with E-state index in [1.807, 2.05) is 12.1 Å². The molecule has 4 aromatic carbocycles. The van der Waals surface area contributed by atoms with Crippen LogP contribution in [-0.2, 0) is 24.0 Å². The molecular weight excluding hydrogens is 523 g/mol. The third kappa shape index (κ3) is 5.40. The average molecular weight is 541 g/mol. The van der Waals surface area contributed by atoms with Gasteiger partial charge in [0.25, 0.3) is 0 Å². The van der Waals surface area contributed by atoms with Crippen LogP contribution in [0, 0.1) is 0 Å². The number of hydrogen-bond donors (Lipinski definition) is 0. The molecule has 0 N–H and O–H groups in total. The summed E-state index contributed by atoms with van der Waals surface area (Å²) in [5.74, 6) is -1.00. The molecule has 6 rings (SSSR count). The Morgan fingerprint density at radius 2 is 0.789 bits per heavy atom. The second kappa shape index (κ2) is 12.1. The summed E-state index contributed by atoms with van der Waals surface area (Å²) in [4.78, 5) is 23.9. The quantitative estimate of drug-likeness (QED) is 0.305. The third-order valence-corrected chi connectivity index (χ3v) is 5.58. The van der Waals surface area contributed by atoms with Crippen molar-refractivity contribution in [1.82, 2.24) is 0 Å². The van der Waals surface area contributed by atoms with Crippen molar-refractivity contribution >= 4 is 21.9 Å². The fourth-order valence-electron chi connectivity index (χ4n) is 3.81. The van der Waals surface area contributed by atoms with E-state index in [9.17, 15) is 19.8 Å². The predicted octanol–water partition coefficient (Wildman–Crippen LogP) is 4.95. The van der Waals surface area contributed by atoms with Crippen LogP contribution >= 0.6 is 0 Å². The summed E-state index contributed by atoms with van der Waals surface area (Å²) in [6.07, 6.45) is 0. The largest absolute Gasteiger partial charge is 4.00 e. The van der Waals surface area contributed by atoms with Gasteiger partial charge >= 0.3 is 18.6 Å². The molecule has 1 radical (unpaired) electrons. The first-order chi connectivity index (χ1) is 17.5. The van der Waals surface area contributed by atoms with Crippen molar-refractivity contribution in [3.05, 3.63) is 130 Å². The van der Waals surface area contributed by atoms with Gasteiger partial charge < -0.3 is 24.5 Å². The maximum atomic E-state index is 12.0. The minimum absolute atomic E-state index is 0. The van der Waals surface area contributed by atoms with Crippen LogP contribution in [0.4, 0.5) is 0 Å². The molecule has 2 heterocycles. The van der Waals surface area contributed by atoms with Crippen LogP contribution in [0.5, 0.6) is 11.5 Å². The normalized spacial score (nSPS) is 10.1. The van der Waals surface area contributed by atoms with Gasteiger partial charge in [-0.2, -0.15) is 0 Å². The molecule has 185 valence electrons. The van der Waals surface area contributed by atoms with Gasteiger partial charge in [0.15, 0.2) is 10.9 Å². The van der Waals surface area contributed by atoms with E-state index in [1.165, 1.54) is 0 Å². The summed E-state index contributed by atoms with van der Waals surface area (Å²) in [5.41, 5.74) is 1.06. The Morgan fingerprint density at radius 1 is 0.474 bits per heavy atom. The van der Waals surface area contributed by atoms with E-state index in [-0.39, 0.29) is 35.6 Å². The van der Waals surface area contributed by atoms with Crippen LogP contribution in [0.15, 0.2) is 128 Å². The summed E-state index contributed by atoms with van der Waals surface area (Å²) < 4.78 is 11.1. The molecule has 0 aliphatic rings. The maximum Gasteiger partial charge on any atom is 4.00 e. The van der Waals surface area contributed by atoms with E-state index in [4.69, 9.17) is 8.83 Å². The fraction of sp³-hybridized carbons (Fsp3) is 0. The molecule has 0 saturated carbocycles. The molecule has 0 fully saturated rings. The van der Waals surface area contributed by atoms with E-state index < -0.39 is 22.4 Å². The zero-order chi connectivity index (χ0) is 25.1. The topological polar surface area (TPSA) is 135 Å². The Bertz CT molecular complexity index is 1660. The van der Waals surface area contributed by atoms with E-state index in [0.29, 0.717) is 33.1 Å². The van der Waals surface area contributed by atoms with Gasteiger partial charge in [0.2, 0.25) is 0 Å². The Labute approximate surface area is 228 Å². The summed E-state index contributed by atoms with van der Waals surface area (Å²) >= 11 is 0. The minimum Gasteiger partial charge on any atom is -2.00 e. The molecule has 0 unspecified atom stereocenters. The number of fused-ring (bicyclic) bond motifs is 2. The molecule has 0 bridgehead atoms. The maximum absolute atomic E-state index is 12.0. The number of rotatable bonds is 2. The van der Waals surface area contributed by atoms with Crippen LogP contribution in [0.3, 0.4) is 0 Å². The van der Waals surface area contributed by atoms with Gasteiger partial charge in [-0.25, -0.2) is 0 Å². The zero-order valence-electron chi connectivity index (χ0n) is 19.7. The van der Waals surface area contributed by atoms with Gasteiger partial charge in [0.1, 0.15) is 22.7 Å². The van der Waals surface area contributed by atoms with Crippen LogP contribution in [0.1, 0.15) is 0 Å². The van der Waals surface area contributed by atoms with Crippen LogP contribution in [0.2, 0.25) is 0 Å². The fourth-order valence-corrected chi connectivity index (χ4v) is 3.81. The molecular formula is C30H18O7V. The second-order valence-corrected chi connectivity index (χ2v) is 7.90. The zero-order valence-corrected chi connectivity index (χ0v) is 21.1. The first-order valence-corrected chi connectivity index (χ1v) is 11.1. The van der Waals surface area contributed by atoms with Crippen molar-refractivity contribution in [2.75, 3.05) is 0 Å². The standard InChI is InChI=1S/2C15H10O3.O.V/c2*16-13-11-8-4-5-9-12(11)18-15(14(13)17)10-6-2-1-3-7-10;;/h2*1-9,17H;;/q;;-2;+4/p-2. The summed E-state index contributed by atoms with van der Waals surface area (Å²) in [6.45, 7) is 0. The van der Waals surface area contributed by atoms with Gasteiger partial charge in [-0.05, 0) is 35.8 Å². The molecule has 0 aliphatic heterocycles. The molecule has 2 aromatic heterocycles. The van der Waals surface area contributed by atoms with Crippen LogP contribution in [-0.4, -0.2) is 0 Å². The van der Waals surface area contributed by atoms with E-state index >= 15 is 0 Å².